The monoisotopic (exact) mass is 559 g/mol. The lowest BCUT2D eigenvalue weighted by Crippen LogP contribution is -2.63. The van der Waals surface area contributed by atoms with Crippen molar-refractivity contribution < 1.29 is 19.1 Å². The van der Waals surface area contributed by atoms with Gasteiger partial charge in [0.05, 0.1) is 12.6 Å². The molecule has 38 heavy (non-hydrogen) atoms. The van der Waals surface area contributed by atoms with Gasteiger partial charge >= 0.3 is 6.09 Å². The minimum Gasteiger partial charge on any atom is -0.450 e. The highest BCUT2D eigenvalue weighted by atomic mass is 35.5. The topological polar surface area (TPSA) is 97.2 Å². The lowest BCUT2D eigenvalue weighted by Gasteiger charge is -2.49. The highest BCUT2D eigenvalue weighted by molar-refractivity contribution is 8.00. The first-order valence-electron chi connectivity index (χ1n) is 13.5. The number of likely N-dealkylation sites (tertiary alicyclic amines) is 3. The van der Waals surface area contributed by atoms with Gasteiger partial charge in [-0.3, -0.25) is 14.5 Å². The number of benzene rings is 1. The maximum atomic E-state index is 13.9. The van der Waals surface area contributed by atoms with Crippen LogP contribution < -0.4 is 0 Å². The number of carbonyl (C=O) groups excluding carboxylic acids is 3. The summed E-state index contributed by atoms with van der Waals surface area (Å²) in [6.45, 7) is 4.70. The number of amides is 3. The van der Waals surface area contributed by atoms with E-state index < -0.39 is 6.04 Å². The van der Waals surface area contributed by atoms with Crippen LogP contribution in [0.25, 0.3) is 0 Å². The third-order valence-electron chi connectivity index (χ3n) is 8.01. The van der Waals surface area contributed by atoms with E-state index in [0.29, 0.717) is 37.7 Å². The molecule has 1 saturated carbocycles. The SMILES string of the molecule is CCOC(=O)N1CCC(N2CCC2C(=O)N2C[C@H](Sc3ccc(Cl)cc3)C[C@H]2C(=O)N(C#N)C2CC2)CC1. The van der Waals surface area contributed by atoms with E-state index in [-0.39, 0.29) is 41.3 Å². The van der Waals surface area contributed by atoms with Crippen LogP contribution in [0.5, 0.6) is 0 Å². The minimum atomic E-state index is -0.624. The van der Waals surface area contributed by atoms with Crippen molar-refractivity contribution in [3.8, 4) is 6.19 Å². The molecule has 0 radical (unpaired) electrons. The number of ether oxygens (including phenoxy) is 1. The third kappa shape index (κ3) is 5.75. The first kappa shape index (κ1) is 27.1. The number of hydrogen-bond donors (Lipinski definition) is 0. The summed E-state index contributed by atoms with van der Waals surface area (Å²) in [5, 5.41) is 10.4. The van der Waals surface area contributed by atoms with E-state index in [1.807, 2.05) is 24.3 Å². The largest absolute Gasteiger partial charge is 0.450 e. The Morgan fingerprint density at radius 3 is 2.37 bits per heavy atom. The molecule has 1 unspecified atom stereocenters. The zero-order chi connectivity index (χ0) is 26.8. The van der Waals surface area contributed by atoms with Gasteiger partial charge in [0.2, 0.25) is 5.91 Å². The van der Waals surface area contributed by atoms with Crippen LogP contribution in [0.2, 0.25) is 5.02 Å². The molecule has 3 aliphatic heterocycles. The Morgan fingerprint density at radius 1 is 1.08 bits per heavy atom. The summed E-state index contributed by atoms with van der Waals surface area (Å²) in [6, 6.07) is 6.90. The third-order valence-corrected chi connectivity index (χ3v) is 9.48. The second-order valence-corrected chi connectivity index (χ2v) is 12.2. The summed E-state index contributed by atoms with van der Waals surface area (Å²) in [7, 11) is 0. The number of piperidine rings is 1. The number of carbonyl (C=O) groups is 3. The molecule has 11 heteroatoms. The number of rotatable bonds is 7. The Balaban J connectivity index is 1.26. The van der Waals surface area contributed by atoms with Crippen molar-refractivity contribution in [2.45, 2.75) is 79.8 Å². The van der Waals surface area contributed by atoms with Gasteiger partial charge in [-0.1, -0.05) is 11.6 Å². The van der Waals surface area contributed by atoms with Crippen molar-refractivity contribution in [3.05, 3.63) is 29.3 Å². The van der Waals surface area contributed by atoms with Crippen LogP contribution >= 0.6 is 23.4 Å². The van der Waals surface area contributed by atoms with E-state index >= 15 is 0 Å². The highest BCUT2D eigenvalue weighted by Gasteiger charge is 2.49. The molecule has 1 aromatic rings. The van der Waals surface area contributed by atoms with Crippen molar-refractivity contribution >= 4 is 41.3 Å². The quantitative estimate of drug-likeness (QED) is 0.372. The van der Waals surface area contributed by atoms with Crippen LogP contribution in [-0.4, -0.2) is 99.7 Å². The zero-order valence-corrected chi connectivity index (χ0v) is 23.2. The molecule has 1 aromatic carbocycles. The van der Waals surface area contributed by atoms with Crippen LogP contribution in [0, 0.1) is 11.5 Å². The molecule has 3 heterocycles. The lowest BCUT2D eigenvalue weighted by atomic mass is 9.93. The van der Waals surface area contributed by atoms with Crippen molar-refractivity contribution in [2.75, 3.05) is 32.8 Å². The van der Waals surface area contributed by atoms with E-state index in [1.165, 1.54) is 4.90 Å². The Labute approximate surface area is 233 Å². The maximum Gasteiger partial charge on any atom is 0.409 e. The molecule has 3 amide bonds. The number of nitriles is 1. The number of hydrogen-bond acceptors (Lipinski definition) is 7. The Hall–Kier alpha value is -2.48. The standard InChI is InChI=1S/C27H34ClN5O4S/c1-2-37-27(36)30-12-9-20(10-13-30)31-14-11-23(31)25(34)32-16-22(38-21-7-3-18(28)4-8-21)15-24(32)26(35)33(17-29)19-5-6-19/h3-4,7-8,19-20,22-24H,2,5-6,9-16H2,1H3/t22-,23?,24+/m1/s1. The normalized spacial score (nSPS) is 26.0. The average Bonchev–Trinajstić information content (AvgIpc) is 3.64. The second kappa shape index (κ2) is 11.7. The second-order valence-electron chi connectivity index (χ2n) is 10.4. The molecule has 0 N–H and O–H groups in total. The van der Waals surface area contributed by atoms with Gasteiger partial charge in [0, 0.05) is 53.4 Å². The van der Waals surface area contributed by atoms with E-state index in [2.05, 4.69) is 11.1 Å². The zero-order valence-electron chi connectivity index (χ0n) is 21.6. The van der Waals surface area contributed by atoms with Crippen LogP contribution in [0.15, 0.2) is 29.2 Å². The van der Waals surface area contributed by atoms with Crippen LogP contribution in [0.1, 0.15) is 45.4 Å². The molecule has 0 spiro atoms. The molecule has 0 aromatic heterocycles. The van der Waals surface area contributed by atoms with Gasteiger partial charge in [-0.2, -0.15) is 5.26 Å². The van der Waals surface area contributed by atoms with E-state index in [9.17, 15) is 19.6 Å². The van der Waals surface area contributed by atoms with Gasteiger partial charge in [-0.05, 0) is 69.7 Å². The fraction of sp³-hybridized carbons (Fsp3) is 0.630. The number of thioether (sulfide) groups is 1. The van der Waals surface area contributed by atoms with Crippen molar-refractivity contribution in [2.24, 2.45) is 0 Å². The predicted octanol–water partition coefficient (Wildman–Crippen LogP) is 3.57. The Bertz CT molecular complexity index is 1090. The predicted molar refractivity (Wildman–Crippen MR) is 143 cm³/mol. The van der Waals surface area contributed by atoms with Gasteiger partial charge in [-0.15, -0.1) is 11.8 Å². The molecule has 5 rings (SSSR count). The summed E-state index contributed by atoms with van der Waals surface area (Å²) < 4.78 is 5.13. The summed E-state index contributed by atoms with van der Waals surface area (Å²) >= 11 is 7.69. The van der Waals surface area contributed by atoms with E-state index in [1.54, 1.807) is 28.5 Å². The summed E-state index contributed by atoms with van der Waals surface area (Å²) in [6.07, 6.45) is 6.35. The van der Waals surface area contributed by atoms with Crippen LogP contribution in [0.3, 0.4) is 0 Å². The van der Waals surface area contributed by atoms with Gasteiger partial charge in [0.1, 0.15) is 6.04 Å². The summed E-state index contributed by atoms with van der Waals surface area (Å²) in [5.41, 5.74) is 0. The number of nitrogens with zero attached hydrogens (tertiary/aromatic N) is 5. The van der Waals surface area contributed by atoms with Gasteiger partial charge in [0.15, 0.2) is 6.19 Å². The summed E-state index contributed by atoms with van der Waals surface area (Å²) in [4.78, 5) is 47.5. The fourth-order valence-corrected chi connectivity index (χ4v) is 7.08. The highest BCUT2D eigenvalue weighted by Crippen LogP contribution is 2.38. The number of halogens is 1. The van der Waals surface area contributed by atoms with E-state index in [4.69, 9.17) is 16.3 Å². The molecule has 4 fully saturated rings. The Kier molecular flexibility index (Phi) is 8.36. The minimum absolute atomic E-state index is 0.0182. The fourth-order valence-electron chi connectivity index (χ4n) is 5.77. The van der Waals surface area contributed by atoms with Crippen LogP contribution in [-0.2, 0) is 14.3 Å². The Morgan fingerprint density at radius 2 is 1.79 bits per heavy atom. The maximum absolute atomic E-state index is 13.9. The van der Waals surface area contributed by atoms with Gasteiger partial charge in [-0.25, -0.2) is 9.69 Å². The molecule has 3 saturated heterocycles. The first-order chi connectivity index (χ1) is 18.4. The molecule has 4 aliphatic rings. The van der Waals surface area contributed by atoms with Crippen molar-refractivity contribution in [3.63, 3.8) is 0 Å². The molecule has 3 atom stereocenters. The molecule has 0 bridgehead atoms. The molecule has 204 valence electrons. The first-order valence-corrected chi connectivity index (χ1v) is 14.8. The molecule has 1 aliphatic carbocycles. The average molecular weight is 560 g/mol. The van der Waals surface area contributed by atoms with Crippen LogP contribution in [0.4, 0.5) is 4.79 Å². The van der Waals surface area contributed by atoms with Gasteiger partial charge < -0.3 is 14.5 Å². The molecular formula is C27H34ClN5O4S. The van der Waals surface area contributed by atoms with E-state index in [0.717, 1.165) is 43.5 Å². The van der Waals surface area contributed by atoms with Gasteiger partial charge in [0.25, 0.3) is 5.91 Å². The van der Waals surface area contributed by atoms with Crippen molar-refractivity contribution in [1.82, 2.24) is 19.6 Å². The lowest BCUT2D eigenvalue weighted by molar-refractivity contribution is -0.150. The molecule has 9 nitrogen and oxygen atoms in total. The van der Waals surface area contributed by atoms with Crippen molar-refractivity contribution in [1.29, 1.82) is 5.26 Å². The summed E-state index contributed by atoms with van der Waals surface area (Å²) in [5.74, 6) is -0.272. The molecular weight excluding hydrogens is 526 g/mol. The smallest absolute Gasteiger partial charge is 0.409 e.